The van der Waals surface area contributed by atoms with Crippen LogP contribution in [0.2, 0.25) is 0 Å². The number of benzene rings is 1. The van der Waals surface area contributed by atoms with E-state index in [9.17, 15) is 4.79 Å². The van der Waals surface area contributed by atoms with Gasteiger partial charge in [-0.2, -0.15) is 0 Å². The minimum atomic E-state index is -0.553. The van der Waals surface area contributed by atoms with Crippen molar-refractivity contribution in [3.63, 3.8) is 0 Å². The molecule has 28 heavy (non-hydrogen) atoms. The van der Waals surface area contributed by atoms with Crippen LogP contribution in [0.5, 0.6) is 5.75 Å². The van der Waals surface area contributed by atoms with Crippen molar-refractivity contribution in [1.82, 2.24) is 19.8 Å². The number of nitrogens with one attached hydrogen (secondary N) is 2. The predicted octanol–water partition coefficient (Wildman–Crippen LogP) is 3.64. The van der Waals surface area contributed by atoms with Crippen molar-refractivity contribution in [3.8, 4) is 16.3 Å². The number of pyridine rings is 1. The monoisotopic (exact) mass is 395 g/mol. The van der Waals surface area contributed by atoms with Crippen molar-refractivity contribution in [2.24, 2.45) is 0 Å². The number of hydrogen-bond donors (Lipinski definition) is 3. The second-order valence-corrected chi connectivity index (χ2v) is 7.04. The number of rotatable bonds is 5. The topological polar surface area (TPSA) is 101 Å². The van der Waals surface area contributed by atoms with Crippen LogP contribution in [0, 0.1) is 6.92 Å². The molecule has 4 aromatic rings. The van der Waals surface area contributed by atoms with Gasteiger partial charge in [0.25, 0.3) is 5.91 Å². The lowest BCUT2D eigenvalue weighted by Gasteiger charge is -2.04. The van der Waals surface area contributed by atoms with Crippen molar-refractivity contribution < 1.29 is 14.7 Å². The van der Waals surface area contributed by atoms with E-state index in [0.29, 0.717) is 5.56 Å². The van der Waals surface area contributed by atoms with Gasteiger partial charge in [-0.3, -0.25) is 14.4 Å². The Labute approximate surface area is 164 Å². The zero-order valence-corrected chi connectivity index (χ0v) is 15.9. The molecule has 1 amide bonds. The maximum absolute atomic E-state index is 11.4. The van der Waals surface area contributed by atoms with Gasteiger partial charge in [-0.25, -0.2) is 15.4 Å². The highest BCUT2D eigenvalue weighted by Gasteiger charge is 2.15. The highest BCUT2D eigenvalue weighted by Crippen LogP contribution is 2.33. The Morgan fingerprint density at radius 2 is 2.04 bits per heavy atom. The van der Waals surface area contributed by atoms with Crippen LogP contribution in [-0.4, -0.2) is 32.6 Å². The SMILES string of the molecule is COc1ccn2c(-c3cnc(Nc4ccc(C(=O)NO)cc4)s3)c(C)nc2c1. The van der Waals surface area contributed by atoms with Gasteiger partial charge in [-0.1, -0.05) is 11.3 Å². The Balaban J connectivity index is 1.60. The smallest absolute Gasteiger partial charge is 0.274 e. The number of ether oxygens (including phenoxy) is 1. The van der Waals surface area contributed by atoms with E-state index >= 15 is 0 Å². The molecule has 142 valence electrons. The third-order valence-electron chi connectivity index (χ3n) is 4.25. The number of carbonyl (C=O) groups is 1. The molecular weight excluding hydrogens is 378 g/mol. The number of imidazole rings is 1. The standard InChI is InChI=1S/C19H17N5O3S/c1-11-17(24-8-7-14(27-2)9-16(24)21-11)15-10-20-19(28-15)22-13-5-3-12(4-6-13)18(25)23-26/h3-10,26H,1-2H3,(H,20,22)(H,23,25). The molecule has 0 unspecified atom stereocenters. The summed E-state index contributed by atoms with van der Waals surface area (Å²) >= 11 is 1.51. The number of anilines is 2. The Morgan fingerprint density at radius 3 is 2.75 bits per heavy atom. The van der Waals surface area contributed by atoms with Crippen LogP contribution in [0.3, 0.4) is 0 Å². The van der Waals surface area contributed by atoms with Crippen molar-refractivity contribution in [2.75, 3.05) is 12.4 Å². The van der Waals surface area contributed by atoms with Gasteiger partial charge >= 0.3 is 0 Å². The van der Waals surface area contributed by atoms with Crippen molar-refractivity contribution in [1.29, 1.82) is 0 Å². The van der Waals surface area contributed by atoms with E-state index in [0.717, 1.165) is 38.5 Å². The Kier molecular flexibility index (Phi) is 4.68. The van der Waals surface area contributed by atoms with Crippen LogP contribution in [0.4, 0.5) is 10.8 Å². The van der Waals surface area contributed by atoms with Crippen molar-refractivity contribution in [2.45, 2.75) is 6.92 Å². The molecule has 0 radical (unpaired) electrons. The van der Waals surface area contributed by atoms with Gasteiger partial charge in [-0.05, 0) is 37.3 Å². The van der Waals surface area contributed by atoms with Gasteiger partial charge in [0.2, 0.25) is 0 Å². The lowest BCUT2D eigenvalue weighted by Crippen LogP contribution is -2.18. The summed E-state index contributed by atoms with van der Waals surface area (Å²) in [6.45, 7) is 1.96. The summed E-state index contributed by atoms with van der Waals surface area (Å²) in [5.41, 5.74) is 5.47. The number of amides is 1. The number of nitrogens with zero attached hydrogens (tertiary/aromatic N) is 3. The first-order chi connectivity index (χ1) is 13.6. The van der Waals surface area contributed by atoms with Crippen molar-refractivity contribution >= 4 is 33.7 Å². The second-order valence-electron chi connectivity index (χ2n) is 6.01. The maximum atomic E-state index is 11.4. The fourth-order valence-electron chi connectivity index (χ4n) is 2.90. The predicted molar refractivity (Wildman–Crippen MR) is 107 cm³/mol. The summed E-state index contributed by atoms with van der Waals surface area (Å²) in [4.78, 5) is 21.4. The molecular formula is C19H17N5O3S. The van der Waals surface area contributed by atoms with E-state index in [1.165, 1.54) is 11.3 Å². The Hall–Kier alpha value is -3.43. The van der Waals surface area contributed by atoms with Crippen LogP contribution >= 0.6 is 11.3 Å². The molecule has 0 saturated heterocycles. The number of hydroxylamine groups is 1. The molecule has 4 rings (SSSR count). The zero-order valence-electron chi connectivity index (χ0n) is 15.1. The van der Waals surface area contributed by atoms with E-state index in [-0.39, 0.29) is 0 Å². The first-order valence-corrected chi connectivity index (χ1v) is 9.21. The molecule has 3 N–H and O–H groups in total. The molecule has 9 heteroatoms. The van der Waals surface area contributed by atoms with E-state index in [2.05, 4.69) is 15.3 Å². The first-order valence-electron chi connectivity index (χ1n) is 8.39. The fraction of sp³-hybridized carbons (Fsp3) is 0.105. The van der Waals surface area contributed by atoms with Gasteiger partial charge in [0.05, 0.1) is 23.4 Å². The third-order valence-corrected chi connectivity index (χ3v) is 5.17. The molecule has 8 nitrogen and oxygen atoms in total. The molecule has 0 atom stereocenters. The highest BCUT2D eigenvalue weighted by atomic mass is 32.1. The van der Waals surface area contributed by atoms with E-state index in [1.54, 1.807) is 43.1 Å². The number of methoxy groups -OCH3 is 1. The number of aryl methyl sites for hydroxylation is 1. The number of thiazole rings is 1. The molecule has 3 heterocycles. The van der Waals surface area contributed by atoms with Crippen molar-refractivity contribution in [3.05, 3.63) is 60.0 Å². The maximum Gasteiger partial charge on any atom is 0.274 e. The summed E-state index contributed by atoms with van der Waals surface area (Å²) in [7, 11) is 1.63. The number of carbonyl (C=O) groups excluding carboxylic acids is 1. The van der Waals surface area contributed by atoms with Gasteiger partial charge in [0.1, 0.15) is 11.4 Å². The molecule has 0 spiro atoms. The Morgan fingerprint density at radius 1 is 1.25 bits per heavy atom. The zero-order chi connectivity index (χ0) is 19.7. The molecule has 3 aromatic heterocycles. The van der Waals surface area contributed by atoms with E-state index in [4.69, 9.17) is 9.94 Å². The summed E-state index contributed by atoms with van der Waals surface area (Å²) in [5, 5.41) is 12.6. The summed E-state index contributed by atoms with van der Waals surface area (Å²) in [5.74, 6) is 0.205. The van der Waals surface area contributed by atoms with Gasteiger partial charge in [-0.15, -0.1) is 0 Å². The number of fused-ring (bicyclic) bond motifs is 1. The lowest BCUT2D eigenvalue weighted by atomic mass is 10.2. The molecule has 0 aliphatic rings. The molecule has 0 saturated carbocycles. The van der Waals surface area contributed by atoms with Gasteiger partial charge in [0, 0.05) is 29.7 Å². The Bertz CT molecular complexity index is 1150. The minimum absolute atomic E-state index is 0.365. The minimum Gasteiger partial charge on any atom is -0.497 e. The molecule has 0 aliphatic carbocycles. The van der Waals surface area contributed by atoms with Gasteiger partial charge < -0.3 is 10.1 Å². The number of hydrogen-bond acceptors (Lipinski definition) is 7. The second kappa shape index (κ2) is 7.29. The van der Waals surface area contributed by atoms with E-state index < -0.39 is 5.91 Å². The van der Waals surface area contributed by atoms with Crippen LogP contribution in [0.15, 0.2) is 48.8 Å². The molecule has 0 aliphatic heterocycles. The quantitative estimate of drug-likeness (QED) is 0.352. The lowest BCUT2D eigenvalue weighted by molar-refractivity contribution is 0.0706. The first kappa shape index (κ1) is 18.0. The summed E-state index contributed by atoms with van der Waals surface area (Å²) in [6.07, 6.45) is 3.74. The third kappa shape index (κ3) is 3.28. The van der Waals surface area contributed by atoms with Gasteiger partial charge in [0.15, 0.2) is 5.13 Å². The molecule has 0 fully saturated rings. The van der Waals surface area contributed by atoms with Crippen LogP contribution in [-0.2, 0) is 0 Å². The molecule has 0 bridgehead atoms. The highest BCUT2D eigenvalue weighted by molar-refractivity contribution is 7.18. The average Bonchev–Trinajstić information content (AvgIpc) is 3.30. The van der Waals surface area contributed by atoms with Crippen LogP contribution < -0.4 is 15.5 Å². The largest absolute Gasteiger partial charge is 0.497 e. The van der Waals surface area contributed by atoms with Crippen LogP contribution in [0.1, 0.15) is 16.1 Å². The van der Waals surface area contributed by atoms with E-state index in [1.807, 2.05) is 29.7 Å². The summed E-state index contributed by atoms with van der Waals surface area (Å²) in [6, 6.07) is 10.5. The number of aromatic nitrogens is 3. The average molecular weight is 395 g/mol. The fourth-order valence-corrected chi connectivity index (χ4v) is 3.83. The normalized spacial score (nSPS) is 10.8. The molecule has 1 aromatic carbocycles. The van der Waals surface area contributed by atoms with Crippen LogP contribution in [0.25, 0.3) is 16.2 Å². The summed E-state index contributed by atoms with van der Waals surface area (Å²) < 4.78 is 7.28.